The first-order valence-corrected chi connectivity index (χ1v) is 4.63. The van der Waals surface area contributed by atoms with Crippen LogP contribution in [0.5, 0.6) is 0 Å². The minimum absolute atomic E-state index is 1.47. The smallest absolute Gasteiger partial charge is 0.134 e. The lowest BCUT2D eigenvalue weighted by molar-refractivity contribution is 0.403. The summed E-state index contributed by atoms with van der Waals surface area (Å²) in [6.07, 6.45) is 1.47. The van der Waals surface area contributed by atoms with Crippen LogP contribution in [0.25, 0.3) is 0 Å². The van der Waals surface area contributed by atoms with Crippen molar-refractivity contribution in [2.75, 3.05) is 6.38 Å². The van der Waals surface area contributed by atoms with E-state index >= 15 is 0 Å². The van der Waals surface area contributed by atoms with Gasteiger partial charge in [0.2, 0.25) is 0 Å². The average Bonchev–Trinajstić information content (AvgIpc) is 1.66. The molecule has 62 valence electrons. The zero-order valence-corrected chi connectivity index (χ0v) is 7.42. The third kappa shape index (κ3) is 4110. The molecule has 0 aromatic rings. The van der Waals surface area contributed by atoms with Crippen LogP contribution in [0.3, 0.4) is 0 Å². The largest absolute Gasteiger partial charge is 0.692 e. The van der Waals surface area contributed by atoms with Gasteiger partial charge in [-0.15, -0.1) is 31.2 Å². The molecular weight excluding hydrogens is 205 g/mol. The second kappa shape index (κ2) is 16.2. The van der Waals surface area contributed by atoms with E-state index in [1.807, 2.05) is 0 Å². The molecule has 0 rings (SSSR count). The van der Waals surface area contributed by atoms with E-state index < -0.39 is 16.5 Å². The minimum Gasteiger partial charge on any atom is -0.134 e. The van der Waals surface area contributed by atoms with Gasteiger partial charge in [0.05, 0.1) is 0 Å². The Labute approximate surface area is 64.0 Å². The third-order valence-corrected chi connectivity index (χ3v) is 0. The van der Waals surface area contributed by atoms with Gasteiger partial charge >= 0.3 is 16.5 Å². The summed E-state index contributed by atoms with van der Waals surface area (Å²) in [7, 11) is -5.74. The van der Waals surface area contributed by atoms with Crippen LogP contribution in [0, 0.1) is 0 Å². The molecule has 0 aliphatic heterocycles. The van der Waals surface area contributed by atoms with Crippen molar-refractivity contribution in [3.63, 3.8) is 0 Å². The van der Waals surface area contributed by atoms with Gasteiger partial charge in [-0.2, -0.15) is 0 Å². The Bertz CT molecular complexity index is 73.7. The topological polar surface area (TPSA) is 115 Å². The second-order valence-corrected chi connectivity index (χ2v) is 1.52. The average molecular weight is 212 g/mol. The first-order chi connectivity index (χ1) is 4.46. The Hall–Kier alpha value is 0.330. The molecule has 9 heteroatoms. The molecule has 0 heterocycles. The molecule has 0 saturated carbocycles. The highest BCUT2D eigenvalue weighted by Crippen LogP contribution is 1.98. The fourth-order valence-electron chi connectivity index (χ4n) is 0. The van der Waals surface area contributed by atoms with E-state index in [-0.39, 0.29) is 0 Å². The number of halogens is 1. The highest BCUT2D eigenvalue weighted by atomic mass is 35.5. The van der Waals surface area contributed by atoms with Gasteiger partial charge in [0.1, 0.15) is 0 Å². The van der Waals surface area contributed by atoms with Crippen LogP contribution < -0.4 is 0 Å². The van der Waals surface area contributed by atoms with Crippen LogP contribution in [-0.2, 0) is 9.13 Å². The molecule has 0 radical (unpaired) electrons. The summed E-state index contributed by atoms with van der Waals surface area (Å²) in [5.41, 5.74) is 0. The third-order valence-electron chi connectivity index (χ3n) is 0. The van der Waals surface area contributed by atoms with E-state index in [1.54, 1.807) is 0 Å². The van der Waals surface area contributed by atoms with Crippen molar-refractivity contribution in [1.29, 1.82) is 0 Å². The Balaban J connectivity index is -0.0000000787. The molecule has 0 unspecified atom stereocenters. The molecule has 0 atom stereocenters. The molecule has 0 amide bonds. The molecule has 0 aromatic carbocycles. The zero-order chi connectivity index (χ0) is 9.15. The number of alkyl halides is 1. The molecular formula is CH7ClO6P2+2. The van der Waals surface area contributed by atoms with Gasteiger partial charge in [-0.3, -0.25) is 0 Å². The Morgan fingerprint density at radius 2 is 0.900 bits per heavy atom. The van der Waals surface area contributed by atoms with E-state index in [2.05, 4.69) is 11.6 Å². The normalized spacial score (nSPS) is 5.80. The van der Waals surface area contributed by atoms with Gasteiger partial charge in [-0.05, 0) is 0 Å². The van der Waals surface area contributed by atoms with E-state index in [0.29, 0.717) is 0 Å². The lowest BCUT2D eigenvalue weighted by Gasteiger charge is -1.34. The second-order valence-electron chi connectivity index (χ2n) is 0.505. The van der Waals surface area contributed by atoms with Crippen LogP contribution in [0.2, 0.25) is 0 Å². The molecule has 0 bridgehead atoms. The first kappa shape index (κ1) is 16.7. The van der Waals surface area contributed by atoms with E-state index in [4.69, 9.17) is 28.7 Å². The summed E-state index contributed by atoms with van der Waals surface area (Å²) in [6, 6.07) is 0. The highest BCUT2D eigenvalue weighted by molar-refractivity contribution is 7.31. The Morgan fingerprint density at radius 1 is 0.900 bits per heavy atom. The van der Waals surface area contributed by atoms with Crippen molar-refractivity contribution in [1.82, 2.24) is 0 Å². The Morgan fingerprint density at radius 3 is 0.900 bits per heavy atom. The predicted octanol–water partition coefficient (Wildman–Crippen LogP) is 0.112. The van der Waals surface area contributed by atoms with E-state index in [1.165, 1.54) is 6.38 Å². The quantitative estimate of drug-likeness (QED) is 0.335. The summed E-state index contributed by atoms with van der Waals surface area (Å²) in [6.45, 7) is 0. The Kier molecular flexibility index (Phi) is 27.0. The van der Waals surface area contributed by atoms with Gasteiger partial charge in [-0.25, -0.2) is 0 Å². The number of hydrogen-bond donors (Lipinski definition) is 4. The van der Waals surface area contributed by atoms with Gasteiger partial charge in [0, 0.05) is 15.5 Å². The fourth-order valence-corrected chi connectivity index (χ4v) is 0. The lowest BCUT2D eigenvalue weighted by atomic mass is 12.0. The summed E-state index contributed by atoms with van der Waals surface area (Å²) in [4.78, 5) is 28.5. The van der Waals surface area contributed by atoms with Crippen molar-refractivity contribution in [2.45, 2.75) is 0 Å². The van der Waals surface area contributed by atoms with Gasteiger partial charge in [-0.1, -0.05) is 0 Å². The standard InChI is InChI=1S/CH3Cl.2HO3P/c1-2;2*1-4(2)3/h1H3;2*(H-,1,2,3)/p+2. The lowest BCUT2D eigenvalue weighted by Crippen LogP contribution is -1.38. The first-order valence-electron chi connectivity index (χ1n) is 1.54. The SMILES string of the molecule is CCl.O=[P+](O)O.O=[P+](O)O. The monoisotopic (exact) mass is 212 g/mol. The molecule has 6 nitrogen and oxygen atoms in total. The summed E-state index contributed by atoms with van der Waals surface area (Å²) in [5.74, 6) is 0. The molecule has 10 heavy (non-hydrogen) atoms. The minimum atomic E-state index is -2.87. The maximum absolute atomic E-state index is 8.70. The molecule has 0 spiro atoms. The van der Waals surface area contributed by atoms with Crippen LogP contribution in [0.15, 0.2) is 0 Å². The molecule has 0 saturated heterocycles. The molecule has 0 aliphatic carbocycles. The van der Waals surface area contributed by atoms with Crippen molar-refractivity contribution in [3.8, 4) is 0 Å². The summed E-state index contributed by atoms with van der Waals surface area (Å²) >= 11 is 4.64. The maximum atomic E-state index is 8.70. The summed E-state index contributed by atoms with van der Waals surface area (Å²) < 4.78 is 17.4. The van der Waals surface area contributed by atoms with Crippen molar-refractivity contribution in [2.24, 2.45) is 0 Å². The number of hydrogen-bond acceptors (Lipinski definition) is 2. The molecule has 0 aliphatic rings. The molecule has 4 N–H and O–H groups in total. The van der Waals surface area contributed by atoms with Gasteiger partial charge < -0.3 is 0 Å². The van der Waals surface area contributed by atoms with Crippen LogP contribution in [-0.4, -0.2) is 26.0 Å². The predicted molar refractivity (Wildman–Crippen MR) is 35.9 cm³/mol. The van der Waals surface area contributed by atoms with Gasteiger partial charge in [0.15, 0.2) is 0 Å². The van der Waals surface area contributed by atoms with Crippen LogP contribution in [0.1, 0.15) is 0 Å². The fraction of sp³-hybridized carbons (Fsp3) is 1.00. The van der Waals surface area contributed by atoms with Crippen LogP contribution in [0.4, 0.5) is 0 Å². The maximum Gasteiger partial charge on any atom is 0.692 e. The van der Waals surface area contributed by atoms with Crippen molar-refractivity contribution >= 4 is 28.1 Å². The number of rotatable bonds is 0. The van der Waals surface area contributed by atoms with Gasteiger partial charge in [0.25, 0.3) is 0 Å². The van der Waals surface area contributed by atoms with E-state index in [0.717, 1.165) is 0 Å². The highest BCUT2D eigenvalue weighted by Gasteiger charge is 1.93. The molecule has 0 fully saturated rings. The molecule has 0 aromatic heterocycles. The van der Waals surface area contributed by atoms with Crippen molar-refractivity contribution in [3.05, 3.63) is 0 Å². The van der Waals surface area contributed by atoms with E-state index in [9.17, 15) is 0 Å². The zero-order valence-electron chi connectivity index (χ0n) is 4.88. The van der Waals surface area contributed by atoms with Crippen molar-refractivity contribution < 1.29 is 28.7 Å². The van der Waals surface area contributed by atoms with Crippen LogP contribution >= 0.6 is 28.1 Å². The summed E-state index contributed by atoms with van der Waals surface area (Å²) in [5, 5.41) is 0.